The first kappa shape index (κ1) is 20.2. The minimum absolute atomic E-state index is 0.0802. The first-order chi connectivity index (χ1) is 15.0. The van der Waals surface area contributed by atoms with Gasteiger partial charge in [-0.25, -0.2) is 0 Å². The third-order valence-corrected chi connectivity index (χ3v) is 5.08. The molecule has 1 fully saturated rings. The van der Waals surface area contributed by atoms with E-state index in [1.54, 1.807) is 61.5 Å². The number of nitrogens with zero attached hydrogens (tertiary/aromatic N) is 2. The lowest BCUT2D eigenvalue weighted by Crippen LogP contribution is -2.29. The van der Waals surface area contributed by atoms with Crippen molar-refractivity contribution >= 4 is 23.3 Å². The van der Waals surface area contributed by atoms with Crippen LogP contribution in [0.4, 0.5) is 5.82 Å². The standard InChI is InChI=1S/C23H20N2O6/c1-13-11-18(24-31-13)25-20(16-9-4-5-10-17(16)30-3)19(22(27)23(25)28)21(26)14-7-6-8-15(12-14)29-2/h4-12,20,26H,1-3H3/b21-19-. The van der Waals surface area contributed by atoms with E-state index in [-0.39, 0.29) is 17.2 Å². The van der Waals surface area contributed by atoms with E-state index < -0.39 is 17.7 Å². The molecule has 0 saturated carbocycles. The van der Waals surface area contributed by atoms with Gasteiger partial charge in [0.25, 0.3) is 5.78 Å². The Bertz CT molecular complexity index is 1200. The van der Waals surface area contributed by atoms with Gasteiger partial charge in [0.2, 0.25) is 0 Å². The van der Waals surface area contributed by atoms with Gasteiger partial charge in [0.15, 0.2) is 5.82 Å². The first-order valence-electron chi connectivity index (χ1n) is 9.48. The lowest BCUT2D eigenvalue weighted by Gasteiger charge is -2.24. The molecule has 8 heteroatoms. The molecule has 1 saturated heterocycles. The molecule has 2 heterocycles. The van der Waals surface area contributed by atoms with Crippen LogP contribution in [0.15, 0.2) is 64.7 Å². The molecule has 3 aromatic rings. The van der Waals surface area contributed by atoms with Crippen LogP contribution >= 0.6 is 0 Å². The molecule has 1 atom stereocenters. The average molecular weight is 420 g/mol. The highest BCUT2D eigenvalue weighted by Crippen LogP contribution is 2.44. The molecule has 158 valence electrons. The molecule has 4 rings (SSSR count). The van der Waals surface area contributed by atoms with E-state index in [9.17, 15) is 14.7 Å². The number of aryl methyl sites for hydroxylation is 1. The van der Waals surface area contributed by atoms with Crippen LogP contribution in [0.5, 0.6) is 11.5 Å². The van der Waals surface area contributed by atoms with Gasteiger partial charge < -0.3 is 19.1 Å². The number of para-hydroxylation sites is 1. The molecule has 1 aliphatic heterocycles. The number of aliphatic hydroxyl groups excluding tert-OH is 1. The highest BCUT2D eigenvalue weighted by Gasteiger charge is 2.49. The van der Waals surface area contributed by atoms with Gasteiger partial charge >= 0.3 is 5.91 Å². The summed E-state index contributed by atoms with van der Waals surface area (Å²) in [6, 6.07) is 14.2. The Morgan fingerprint density at radius 3 is 2.52 bits per heavy atom. The number of amides is 1. The molecule has 0 aliphatic carbocycles. The Hall–Kier alpha value is -4.07. The number of methoxy groups -OCH3 is 2. The number of hydrogen-bond donors (Lipinski definition) is 1. The largest absolute Gasteiger partial charge is 0.507 e. The molecule has 8 nitrogen and oxygen atoms in total. The second-order valence-corrected chi connectivity index (χ2v) is 6.94. The Labute approximate surface area is 178 Å². The van der Waals surface area contributed by atoms with Crippen LogP contribution in [0.3, 0.4) is 0 Å². The maximum absolute atomic E-state index is 13.1. The summed E-state index contributed by atoms with van der Waals surface area (Å²) in [5.74, 6) is -0.388. The first-order valence-corrected chi connectivity index (χ1v) is 9.48. The summed E-state index contributed by atoms with van der Waals surface area (Å²) in [7, 11) is 2.99. The number of ether oxygens (including phenoxy) is 2. The quantitative estimate of drug-likeness (QED) is 0.382. The fraction of sp³-hybridized carbons (Fsp3) is 0.174. The van der Waals surface area contributed by atoms with E-state index in [4.69, 9.17) is 14.0 Å². The van der Waals surface area contributed by atoms with E-state index in [1.165, 1.54) is 19.1 Å². The molecule has 0 spiro atoms. The zero-order valence-electron chi connectivity index (χ0n) is 17.2. The minimum Gasteiger partial charge on any atom is -0.507 e. The Morgan fingerprint density at radius 1 is 1.06 bits per heavy atom. The second-order valence-electron chi connectivity index (χ2n) is 6.94. The van der Waals surface area contributed by atoms with Crippen molar-refractivity contribution in [3.8, 4) is 11.5 Å². The van der Waals surface area contributed by atoms with Gasteiger partial charge in [-0.05, 0) is 25.1 Å². The van der Waals surface area contributed by atoms with Crippen molar-refractivity contribution in [2.24, 2.45) is 0 Å². The van der Waals surface area contributed by atoms with Gasteiger partial charge in [-0.15, -0.1) is 0 Å². The molecular weight excluding hydrogens is 400 g/mol. The summed E-state index contributed by atoms with van der Waals surface area (Å²) in [6.07, 6.45) is 0. The summed E-state index contributed by atoms with van der Waals surface area (Å²) in [4.78, 5) is 27.4. The lowest BCUT2D eigenvalue weighted by molar-refractivity contribution is -0.132. The van der Waals surface area contributed by atoms with Crippen LogP contribution in [0, 0.1) is 6.92 Å². The molecule has 1 N–H and O–H groups in total. The van der Waals surface area contributed by atoms with Gasteiger partial charge in [0.1, 0.15) is 29.1 Å². The average Bonchev–Trinajstić information content (AvgIpc) is 3.33. The molecule has 2 aromatic carbocycles. The number of carbonyl (C=O) groups excluding carboxylic acids is 2. The summed E-state index contributed by atoms with van der Waals surface area (Å²) in [6.45, 7) is 1.68. The number of benzene rings is 2. The van der Waals surface area contributed by atoms with Crippen molar-refractivity contribution in [3.05, 3.63) is 77.1 Å². The number of Topliss-reactive ketones (excluding diaryl/α,β-unsaturated/α-hetero) is 1. The Balaban J connectivity index is 1.98. The van der Waals surface area contributed by atoms with E-state index in [2.05, 4.69) is 5.16 Å². The summed E-state index contributed by atoms with van der Waals surface area (Å²) >= 11 is 0. The maximum atomic E-state index is 13.1. The normalized spacial score (nSPS) is 17.8. The highest BCUT2D eigenvalue weighted by molar-refractivity contribution is 6.51. The summed E-state index contributed by atoms with van der Waals surface area (Å²) in [5, 5.41) is 15.1. The van der Waals surface area contributed by atoms with Crippen molar-refractivity contribution in [1.82, 2.24) is 5.16 Å². The van der Waals surface area contributed by atoms with Gasteiger partial charge in [-0.1, -0.05) is 35.5 Å². The summed E-state index contributed by atoms with van der Waals surface area (Å²) in [5.41, 5.74) is 0.784. The van der Waals surface area contributed by atoms with Crippen molar-refractivity contribution in [2.45, 2.75) is 13.0 Å². The van der Waals surface area contributed by atoms with Crippen LogP contribution in [0.1, 0.15) is 22.9 Å². The molecule has 1 unspecified atom stereocenters. The predicted molar refractivity (Wildman–Crippen MR) is 112 cm³/mol. The van der Waals surface area contributed by atoms with E-state index in [0.717, 1.165) is 0 Å². The fourth-order valence-electron chi connectivity index (χ4n) is 3.65. The summed E-state index contributed by atoms with van der Waals surface area (Å²) < 4.78 is 15.8. The number of rotatable bonds is 5. The van der Waals surface area contributed by atoms with Crippen LogP contribution in [-0.2, 0) is 9.59 Å². The monoisotopic (exact) mass is 420 g/mol. The smallest absolute Gasteiger partial charge is 0.301 e. The molecule has 1 aromatic heterocycles. The van der Waals surface area contributed by atoms with Gasteiger partial charge in [-0.2, -0.15) is 0 Å². The molecule has 31 heavy (non-hydrogen) atoms. The molecule has 0 bridgehead atoms. The maximum Gasteiger partial charge on any atom is 0.301 e. The van der Waals surface area contributed by atoms with Gasteiger partial charge in [0.05, 0.1) is 19.8 Å². The van der Waals surface area contributed by atoms with Crippen molar-refractivity contribution in [1.29, 1.82) is 0 Å². The third kappa shape index (κ3) is 3.42. The molecule has 1 aliphatic rings. The zero-order valence-corrected chi connectivity index (χ0v) is 17.2. The van der Waals surface area contributed by atoms with Gasteiger partial charge in [0, 0.05) is 17.2 Å². The molecule has 0 radical (unpaired) electrons. The van der Waals surface area contributed by atoms with Crippen LogP contribution < -0.4 is 14.4 Å². The van der Waals surface area contributed by atoms with Crippen molar-refractivity contribution < 1.29 is 28.7 Å². The minimum atomic E-state index is -0.966. The number of hydrogen-bond acceptors (Lipinski definition) is 7. The van der Waals surface area contributed by atoms with Crippen molar-refractivity contribution in [3.63, 3.8) is 0 Å². The fourth-order valence-corrected chi connectivity index (χ4v) is 3.65. The van der Waals surface area contributed by atoms with Crippen LogP contribution in [0.25, 0.3) is 5.76 Å². The highest BCUT2D eigenvalue weighted by atomic mass is 16.5. The number of carbonyl (C=O) groups is 2. The zero-order chi connectivity index (χ0) is 22.1. The van der Waals surface area contributed by atoms with E-state index in [1.807, 2.05) is 0 Å². The van der Waals surface area contributed by atoms with Crippen LogP contribution in [-0.4, -0.2) is 36.2 Å². The SMILES string of the molecule is COc1cccc(/C(O)=C2/C(=O)C(=O)N(c3cc(C)on3)C2c2ccccc2OC)c1. The van der Waals surface area contributed by atoms with Crippen LogP contribution in [0.2, 0.25) is 0 Å². The topological polar surface area (TPSA) is 102 Å². The lowest BCUT2D eigenvalue weighted by atomic mass is 9.94. The second kappa shape index (κ2) is 7.98. The molecule has 1 amide bonds. The number of ketones is 1. The third-order valence-electron chi connectivity index (χ3n) is 5.08. The molecular formula is C23H20N2O6. The predicted octanol–water partition coefficient (Wildman–Crippen LogP) is 3.63. The Morgan fingerprint density at radius 2 is 1.84 bits per heavy atom. The van der Waals surface area contributed by atoms with E-state index in [0.29, 0.717) is 28.4 Å². The Kier molecular flexibility index (Phi) is 5.21. The van der Waals surface area contributed by atoms with E-state index >= 15 is 0 Å². The van der Waals surface area contributed by atoms with Crippen molar-refractivity contribution in [2.75, 3.05) is 19.1 Å². The van der Waals surface area contributed by atoms with Gasteiger partial charge in [-0.3, -0.25) is 14.5 Å². The number of aliphatic hydroxyl groups is 1. The number of anilines is 1. The number of aromatic nitrogens is 1.